The second-order valence-corrected chi connectivity index (χ2v) is 5.70. The molecule has 0 heterocycles. The summed E-state index contributed by atoms with van der Waals surface area (Å²) in [6.45, 7) is 2.09. The van der Waals surface area contributed by atoms with Crippen LogP contribution in [0, 0.1) is 3.57 Å². The third-order valence-corrected chi connectivity index (χ3v) is 3.69. The summed E-state index contributed by atoms with van der Waals surface area (Å²) in [5.41, 5.74) is 0.742. The van der Waals surface area contributed by atoms with Crippen molar-refractivity contribution in [3.8, 4) is 0 Å². The minimum atomic E-state index is 0.0272. The minimum Gasteiger partial charge on any atom is -0.348 e. The Morgan fingerprint density at radius 1 is 1.56 bits per heavy atom. The van der Waals surface area contributed by atoms with Crippen LogP contribution >= 0.6 is 34.4 Å². The van der Waals surface area contributed by atoms with Gasteiger partial charge in [0.05, 0.1) is 0 Å². The first-order chi connectivity index (χ1) is 7.67. The monoisotopic (exact) mass is 349 g/mol. The number of nitrogens with one attached hydrogen (secondary N) is 1. The number of benzene rings is 1. The molecule has 0 aliphatic heterocycles. The van der Waals surface area contributed by atoms with Crippen molar-refractivity contribution in [1.82, 2.24) is 5.32 Å². The summed E-state index contributed by atoms with van der Waals surface area (Å²) in [5.74, 6) is 0.992. The van der Waals surface area contributed by atoms with Crippen LogP contribution in [0.3, 0.4) is 0 Å². The Bertz CT molecular complexity index is 357. The lowest BCUT2D eigenvalue weighted by atomic mass is 10.2. The van der Waals surface area contributed by atoms with Gasteiger partial charge in [0, 0.05) is 20.9 Å². The maximum atomic E-state index is 11.9. The fraction of sp³-hybridized carbons (Fsp3) is 0.417. The van der Waals surface area contributed by atoms with E-state index in [9.17, 15) is 4.79 Å². The highest BCUT2D eigenvalue weighted by atomic mass is 127. The molecular weight excluding hydrogens is 333 g/mol. The number of carbonyl (C=O) groups excluding carboxylic acids is 1. The van der Waals surface area contributed by atoms with Gasteiger partial charge in [-0.2, -0.15) is 11.8 Å². The zero-order valence-electron chi connectivity index (χ0n) is 9.50. The van der Waals surface area contributed by atoms with Crippen molar-refractivity contribution in [2.45, 2.75) is 19.4 Å². The first kappa shape index (κ1) is 13.8. The molecule has 1 N–H and O–H groups in total. The summed E-state index contributed by atoms with van der Waals surface area (Å²) in [5, 5.41) is 3.05. The van der Waals surface area contributed by atoms with E-state index in [0.717, 1.165) is 21.3 Å². The van der Waals surface area contributed by atoms with Gasteiger partial charge in [0.1, 0.15) is 0 Å². The molecule has 16 heavy (non-hydrogen) atoms. The van der Waals surface area contributed by atoms with Crippen LogP contribution in [0.2, 0.25) is 0 Å². The van der Waals surface area contributed by atoms with Gasteiger partial charge in [-0.3, -0.25) is 4.79 Å². The SMILES string of the molecule is CCC(CSC)NC(=O)c1cccc(I)c1. The molecule has 0 aromatic heterocycles. The third kappa shape index (κ3) is 4.33. The highest BCUT2D eigenvalue weighted by Gasteiger charge is 2.11. The molecule has 1 aromatic carbocycles. The van der Waals surface area contributed by atoms with E-state index >= 15 is 0 Å². The van der Waals surface area contributed by atoms with Gasteiger partial charge < -0.3 is 5.32 Å². The second kappa shape index (κ2) is 7.17. The van der Waals surface area contributed by atoms with E-state index in [1.54, 1.807) is 11.8 Å². The van der Waals surface area contributed by atoms with Crippen LogP contribution in [0.1, 0.15) is 23.7 Å². The fourth-order valence-electron chi connectivity index (χ4n) is 1.36. The average molecular weight is 349 g/mol. The maximum absolute atomic E-state index is 11.9. The summed E-state index contributed by atoms with van der Waals surface area (Å²) in [7, 11) is 0. The van der Waals surface area contributed by atoms with Crippen molar-refractivity contribution in [3.63, 3.8) is 0 Å². The standard InChI is InChI=1S/C12H16INOS/c1-3-11(8-16-2)14-12(15)9-5-4-6-10(13)7-9/h4-7,11H,3,8H2,1-2H3,(H,14,15). The van der Waals surface area contributed by atoms with E-state index < -0.39 is 0 Å². The first-order valence-corrected chi connectivity index (χ1v) is 7.70. The first-order valence-electron chi connectivity index (χ1n) is 5.22. The lowest BCUT2D eigenvalue weighted by Gasteiger charge is -2.15. The minimum absolute atomic E-state index is 0.0272. The fourth-order valence-corrected chi connectivity index (χ4v) is 2.63. The normalized spacial score (nSPS) is 12.2. The van der Waals surface area contributed by atoms with Crippen molar-refractivity contribution < 1.29 is 4.79 Å². The van der Waals surface area contributed by atoms with Crippen LogP contribution in [0.5, 0.6) is 0 Å². The van der Waals surface area contributed by atoms with E-state index in [-0.39, 0.29) is 11.9 Å². The maximum Gasteiger partial charge on any atom is 0.251 e. The zero-order chi connectivity index (χ0) is 12.0. The molecule has 2 nitrogen and oxygen atoms in total. The molecule has 0 bridgehead atoms. The number of halogens is 1. The second-order valence-electron chi connectivity index (χ2n) is 3.54. The third-order valence-electron chi connectivity index (χ3n) is 2.28. The Labute approximate surface area is 115 Å². The molecule has 0 spiro atoms. The Morgan fingerprint density at radius 3 is 2.88 bits per heavy atom. The molecule has 1 amide bonds. The van der Waals surface area contributed by atoms with E-state index in [2.05, 4.69) is 41.1 Å². The molecule has 1 aromatic rings. The predicted octanol–water partition coefficient (Wildman–Crippen LogP) is 3.16. The van der Waals surface area contributed by atoms with Crippen LogP contribution < -0.4 is 5.32 Å². The van der Waals surface area contributed by atoms with E-state index in [1.807, 2.05) is 24.3 Å². The smallest absolute Gasteiger partial charge is 0.251 e. The van der Waals surface area contributed by atoms with Crippen LogP contribution in [0.15, 0.2) is 24.3 Å². The molecule has 1 atom stereocenters. The highest BCUT2D eigenvalue weighted by Crippen LogP contribution is 2.09. The molecule has 0 aliphatic rings. The zero-order valence-corrected chi connectivity index (χ0v) is 12.5. The van der Waals surface area contributed by atoms with Crippen molar-refractivity contribution in [1.29, 1.82) is 0 Å². The van der Waals surface area contributed by atoms with Gasteiger partial charge in [0.25, 0.3) is 5.91 Å². The average Bonchev–Trinajstić information content (AvgIpc) is 2.28. The molecule has 4 heteroatoms. The summed E-state index contributed by atoms with van der Waals surface area (Å²) in [6, 6.07) is 7.91. The summed E-state index contributed by atoms with van der Waals surface area (Å²) in [6.07, 6.45) is 3.02. The molecule has 0 fully saturated rings. The van der Waals surface area contributed by atoms with Gasteiger partial charge in [-0.1, -0.05) is 13.0 Å². The Hall–Kier alpha value is -0.230. The topological polar surface area (TPSA) is 29.1 Å². The van der Waals surface area contributed by atoms with Gasteiger partial charge >= 0.3 is 0 Å². The van der Waals surface area contributed by atoms with Crippen LogP contribution in [0.4, 0.5) is 0 Å². The largest absolute Gasteiger partial charge is 0.348 e. The van der Waals surface area contributed by atoms with E-state index in [0.29, 0.717) is 0 Å². The van der Waals surface area contributed by atoms with Crippen molar-refractivity contribution >= 4 is 40.3 Å². The number of rotatable bonds is 5. The van der Waals surface area contributed by atoms with Crippen LogP contribution in [-0.4, -0.2) is 24.0 Å². The van der Waals surface area contributed by atoms with Gasteiger partial charge in [-0.15, -0.1) is 0 Å². The predicted molar refractivity (Wildman–Crippen MR) is 79.1 cm³/mol. The van der Waals surface area contributed by atoms with Gasteiger partial charge in [0.15, 0.2) is 0 Å². The molecule has 0 aliphatic carbocycles. The summed E-state index contributed by atoms with van der Waals surface area (Å²) in [4.78, 5) is 11.9. The van der Waals surface area contributed by atoms with E-state index in [1.165, 1.54) is 0 Å². The van der Waals surface area contributed by atoms with Crippen LogP contribution in [-0.2, 0) is 0 Å². The molecule has 0 saturated heterocycles. The molecular formula is C12H16INOS. The molecule has 0 saturated carbocycles. The Morgan fingerprint density at radius 2 is 2.31 bits per heavy atom. The molecule has 0 radical (unpaired) electrons. The Balaban J connectivity index is 2.64. The van der Waals surface area contributed by atoms with Crippen molar-refractivity contribution in [2.75, 3.05) is 12.0 Å². The number of thioether (sulfide) groups is 1. The quantitative estimate of drug-likeness (QED) is 0.828. The van der Waals surface area contributed by atoms with Crippen molar-refractivity contribution in [3.05, 3.63) is 33.4 Å². The van der Waals surface area contributed by atoms with Crippen molar-refractivity contribution in [2.24, 2.45) is 0 Å². The summed E-state index contributed by atoms with van der Waals surface area (Å²) >= 11 is 3.97. The number of amides is 1. The lowest BCUT2D eigenvalue weighted by molar-refractivity contribution is 0.0940. The molecule has 88 valence electrons. The van der Waals surface area contributed by atoms with Crippen LogP contribution in [0.25, 0.3) is 0 Å². The number of carbonyl (C=O) groups is 1. The summed E-state index contributed by atoms with van der Waals surface area (Å²) < 4.78 is 1.09. The van der Waals surface area contributed by atoms with Gasteiger partial charge in [-0.05, 0) is 53.5 Å². The van der Waals surface area contributed by atoms with Gasteiger partial charge in [-0.25, -0.2) is 0 Å². The van der Waals surface area contributed by atoms with E-state index in [4.69, 9.17) is 0 Å². The lowest BCUT2D eigenvalue weighted by Crippen LogP contribution is -2.36. The molecule has 1 rings (SSSR count). The molecule has 1 unspecified atom stereocenters. The number of hydrogen-bond donors (Lipinski definition) is 1. The van der Waals surface area contributed by atoms with Gasteiger partial charge in [0.2, 0.25) is 0 Å². The number of hydrogen-bond acceptors (Lipinski definition) is 2. The Kier molecular flexibility index (Phi) is 6.20. The highest BCUT2D eigenvalue weighted by molar-refractivity contribution is 14.1.